The summed E-state index contributed by atoms with van der Waals surface area (Å²) in [6.07, 6.45) is 0.195. The third-order valence-electron chi connectivity index (χ3n) is 3.06. The summed E-state index contributed by atoms with van der Waals surface area (Å²) in [6.45, 7) is 4.49. The highest BCUT2D eigenvalue weighted by atomic mass is 16.2. The lowest BCUT2D eigenvalue weighted by atomic mass is 10.1. The van der Waals surface area contributed by atoms with Crippen LogP contribution in [0.5, 0.6) is 0 Å². The average molecular weight is 260 g/mol. The molecule has 2 rings (SSSR count). The number of ketones is 1. The minimum absolute atomic E-state index is 0.122. The maximum Gasteiger partial charge on any atom is 0.299 e. The van der Waals surface area contributed by atoms with Crippen LogP contribution < -0.4 is 10.2 Å². The van der Waals surface area contributed by atoms with Crippen molar-refractivity contribution in [1.29, 1.82) is 0 Å². The molecule has 5 heteroatoms. The van der Waals surface area contributed by atoms with Gasteiger partial charge in [-0.1, -0.05) is 11.6 Å². The van der Waals surface area contributed by atoms with E-state index in [9.17, 15) is 14.4 Å². The number of hydrogen-bond acceptors (Lipinski definition) is 3. The van der Waals surface area contributed by atoms with Crippen molar-refractivity contribution in [3.8, 4) is 0 Å². The molecule has 2 amide bonds. The molecule has 0 fully saturated rings. The van der Waals surface area contributed by atoms with E-state index in [0.717, 1.165) is 5.56 Å². The van der Waals surface area contributed by atoms with Gasteiger partial charge >= 0.3 is 0 Å². The molecule has 0 radical (unpaired) electrons. The van der Waals surface area contributed by atoms with Crippen molar-refractivity contribution < 1.29 is 14.4 Å². The molecule has 100 valence electrons. The van der Waals surface area contributed by atoms with Gasteiger partial charge in [0.05, 0.1) is 11.3 Å². The zero-order valence-electron chi connectivity index (χ0n) is 11.0. The standard InChI is InChI=1S/C14H16N2O3/c1-3-15-12(17)6-7-16-11-5-4-9(2)8-10(11)13(18)14(16)19/h4-5,8H,3,6-7H2,1-2H3,(H,15,17). The molecule has 0 bridgehead atoms. The summed E-state index contributed by atoms with van der Waals surface area (Å²) >= 11 is 0. The molecule has 19 heavy (non-hydrogen) atoms. The van der Waals surface area contributed by atoms with E-state index in [1.165, 1.54) is 4.90 Å². The van der Waals surface area contributed by atoms with Gasteiger partial charge in [-0.3, -0.25) is 14.4 Å². The van der Waals surface area contributed by atoms with Gasteiger partial charge in [0.1, 0.15) is 0 Å². The molecule has 0 aromatic heterocycles. The van der Waals surface area contributed by atoms with Crippen molar-refractivity contribution in [2.75, 3.05) is 18.0 Å². The number of hydrogen-bond donors (Lipinski definition) is 1. The molecule has 0 unspecified atom stereocenters. The molecule has 0 aliphatic carbocycles. The maximum atomic E-state index is 11.9. The summed E-state index contributed by atoms with van der Waals surface area (Å²) in [5.74, 6) is -1.16. The van der Waals surface area contributed by atoms with Crippen molar-refractivity contribution in [1.82, 2.24) is 5.32 Å². The molecule has 1 aromatic rings. The van der Waals surface area contributed by atoms with Crippen LogP contribution in [0.3, 0.4) is 0 Å². The van der Waals surface area contributed by atoms with E-state index in [-0.39, 0.29) is 18.9 Å². The molecular formula is C14H16N2O3. The number of fused-ring (bicyclic) bond motifs is 1. The Morgan fingerprint density at radius 3 is 2.74 bits per heavy atom. The number of aryl methyl sites for hydroxylation is 1. The van der Waals surface area contributed by atoms with Crippen molar-refractivity contribution in [2.24, 2.45) is 0 Å². The SMILES string of the molecule is CCNC(=O)CCN1C(=O)C(=O)c2cc(C)ccc21. The smallest absolute Gasteiger partial charge is 0.299 e. The predicted molar refractivity (Wildman–Crippen MR) is 71.2 cm³/mol. The second-order valence-corrected chi connectivity index (χ2v) is 4.51. The van der Waals surface area contributed by atoms with Crippen LogP contribution in [-0.2, 0) is 9.59 Å². The van der Waals surface area contributed by atoms with Gasteiger partial charge in [0.2, 0.25) is 5.91 Å². The Morgan fingerprint density at radius 2 is 2.05 bits per heavy atom. The highest BCUT2D eigenvalue weighted by Crippen LogP contribution is 2.29. The normalized spacial score (nSPS) is 13.7. The van der Waals surface area contributed by atoms with E-state index >= 15 is 0 Å². The van der Waals surface area contributed by atoms with Crippen LogP contribution in [0.25, 0.3) is 0 Å². The van der Waals surface area contributed by atoms with Gasteiger partial charge in [-0.05, 0) is 26.0 Å². The Bertz CT molecular complexity index is 552. The first kappa shape index (κ1) is 13.3. The molecule has 0 atom stereocenters. The molecule has 1 aliphatic rings. The van der Waals surface area contributed by atoms with Crippen LogP contribution in [0.1, 0.15) is 29.3 Å². The summed E-state index contributed by atoms with van der Waals surface area (Å²) < 4.78 is 0. The monoisotopic (exact) mass is 260 g/mol. The fraction of sp³-hybridized carbons (Fsp3) is 0.357. The molecule has 0 saturated carbocycles. The number of nitrogens with one attached hydrogen (secondary N) is 1. The lowest BCUT2D eigenvalue weighted by Gasteiger charge is -2.16. The van der Waals surface area contributed by atoms with Gasteiger partial charge in [-0.25, -0.2) is 0 Å². The fourth-order valence-electron chi connectivity index (χ4n) is 2.14. The van der Waals surface area contributed by atoms with E-state index in [1.54, 1.807) is 12.1 Å². The van der Waals surface area contributed by atoms with E-state index < -0.39 is 11.7 Å². The van der Waals surface area contributed by atoms with E-state index in [0.29, 0.717) is 17.8 Å². The third-order valence-corrected chi connectivity index (χ3v) is 3.06. The number of carbonyl (C=O) groups excluding carboxylic acids is 3. The van der Waals surface area contributed by atoms with E-state index in [4.69, 9.17) is 0 Å². The van der Waals surface area contributed by atoms with Gasteiger partial charge in [0.25, 0.3) is 11.7 Å². The first-order chi connectivity index (χ1) is 9.04. The van der Waals surface area contributed by atoms with Crippen LogP contribution in [0.15, 0.2) is 18.2 Å². The molecule has 0 saturated heterocycles. The molecule has 1 heterocycles. The second kappa shape index (κ2) is 5.22. The summed E-state index contributed by atoms with van der Waals surface area (Å²) in [5, 5.41) is 2.67. The van der Waals surface area contributed by atoms with Crippen LogP contribution >= 0.6 is 0 Å². The first-order valence-electron chi connectivity index (χ1n) is 6.28. The summed E-state index contributed by atoms with van der Waals surface area (Å²) in [6, 6.07) is 5.32. The largest absolute Gasteiger partial charge is 0.356 e. The Kier molecular flexibility index (Phi) is 3.64. The van der Waals surface area contributed by atoms with E-state index in [1.807, 2.05) is 19.9 Å². The van der Waals surface area contributed by atoms with Crippen LogP contribution in [0.4, 0.5) is 5.69 Å². The minimum atomic E-state index is -0.551. The van der Waals surface area contributed by atoms with Crippen molar-refractivity contribution in [2.45, 2.75) is 20.3 Å². The van der Waals surface area contributed by atoms with Crippen LogP contribution in [0.2, 0.25) is 0 Å². The Morgan fingerprint density at radius 1 is 1.32 bits per heavy atom. The first-order valence-corrected chi connectivity index (χ1v) is 6.28. The number of anilines is 1. The van der Waals surface area contributed by atoms with Gasteiger partial charge in [-0.2, -0.15) is 0 Å². The van der Waals surface area contributed by atoms with Gasteiger partial charge in [-0.15, -0.1) is 0 Å². The molecule has 1 aliphatic heterocycles. The topological polar surface area (TPSA) is 66.5 Å². The number of benzene rings is 1. The summed E-state index contributed by atoms with van der Waals surface area (Å²) in [5.41, 5.74) is 1.97. The van der Waals surface area contributed by atoms with Gasteiger partial charge in [0.15, 0.2) is 0 Å². The van der Waals surface area contributed by atoms with Gasteiger partial charge < -0.3 is 10.2 Å². The molecule has 0 spiro atoms. The van der Waals surface area contributed by atoms with Crippen molar-refractivity contribution in [3.05, 3.63) is 29.3 Å². The molecule has 1 N–H and O–H groups in total. The Hall–Kier alpha value is -2.17. The van der Waals surface area contributed by atoms with Gasteiger partial charge in [0, 0.05) is 19.5 Å². The minimum Gasteiger partial charge on any atom is -0.356 e. The molecule has 1 aromatic carbocycles. The molecular weight excluding hydrogens is 244 g/mol. The second-order valence-electron chi connectivity index (χ2n) is 4.51. The van der Waals surface area contributed by atoms with E-state index in [2.05, 4.69) is 5.32 Å². The number of amides is 2. The third kappa shape index (κ3) is 2.50. The zero-order valence-corrected chi connectivity index (χ0v) is 11.0. The van der Waals surface area contributed by atoms with Crippen molar-refractivity contribution >= 4 is 23.3 Å². The lowest BCUT2D eigenvalue weighted by molar-refractivity contribution is -0.120. The summed E-state index contributed by atoms with van der Waals surface area (Å²) in [7, 11) is 0. The summed E-state index contributed by atoms with van der Waals surface area (Å²) in [4.78, 5) is 36.5. The Balaban J connectivity index is 2.17. The quantitative estimate of drug-likeness (QED) is 0.823. The number of rotatable bonds is 4. The Labute approximate surface area is 111 Å². The van der Waals surface area contributed by atoms with Crippen LogP contribution in [-0.4, -0.2) is 30.7 Å². The number of nitrogens with zero attached hydrogens (tertiary/aromatic N) is 1. The lowest BCUT2D eigenvalue weighted by Crippen LogP contribution is -2.34. The zero-order chi connectivity index (χ0) is 14.0. The van der Waals surface area contributed by atoms with Crippen LogP contribution in [0, 0.1) is 6.92 Å². The number of carbonyl (C=O) groups is 3. The van der Waals surface area contributed by atoms with Crippen molar-refractivity contribution in [3.63, 3.8) is 0 Å². The predicted octanol–water partition coefficient (Wildman–Crippen LogP) is 1.05. The average Bonchev–Trinajstić information content (AvgIpc) is 2.61. The fourth-order valence-corrected chi connectivity index (χ4v) is 2.14. The number of Topliss-reactive ketones (excluding diaryl/α,β-unsaturated/α-hetero) is 1. The highest BCUT2D eigenvalue weighted by Gasteiger charge is 2.35. The molecule has 5 nitrogen and oxygen atoms in total. The highest BCUT2D eigenvalue weighted by molar-refractivity contribution is 6.52. The maximum absolute atomic E-state index is 11.9.